The maximum atomic E-state index is 10.9. The highest BCUT2D eigenvalue weighted by molar-refractivity contribution is 7.18. The van der Waals surface area contributed by atoms with E-state index in [1.807, 2.05) is 27.7 Å². The minimum atomic E-state index is 0.128. The van der Waals surface area contributed by atoms with Crippen LogP contribution in [0, 0.1) is 13.8 Å². The average Bonchev–Trinajstić information content (AvgIpc) is 3.62. The van der Waals surface area contributed by atoms with E-state index in [0.29, 0.717) is 65.9 Å². The molecule has 0 saturated heterocycles. The van der Waals surface area contributed by atoms with Crippen molar-refractivity contribution in [2.24, 2.45) is 0 Å². The lowest BCUT2D eigenvalue weighted by atomic mass is 9.98. The standard InChI is InChI=1S/C34H38N2O6S2.C2H6/c1-23(37)8-9-38-10-11-39-12-13-40-14-15-41-16-17-42-30-19-28(26-4-6-31-33(21-26)43-24(2)35-31)18-29(20-30)27-5-7-32-34(22-27)44-25(3)36-32;1-2/h4-7,18-22H,8-17H2,1-3H3;1-2H3. The molecule has 0 unspecified atom stereocenters. The second-order valence-corrected chi connectivity index (χ2v) is 12.8. The summed E-state index contributed by atoms with van der Waals surface area (Å²) in [6.45, 7) is 13.8. The van der Waals surface area contributed by atoms with Crippen LogP contribution in [0.25, 0.3) is 42.7 Å². The van der Waals surface area contributed by atoms with Gasteiger partial charge in [0, 0.05) is 6.42 Å². The summed E-state index contributed by atoms with van der Waals surface area (Å²) in [4.78, 5) is 20.1. The van der Waals surface area contributed by atoms with Gasteiger partial charge in [0.05, 0.1) is 83.3 Å². The number of hydrogen-bond acceptors (Lipinski definition) is 10. The van der Waals surface area contributed by atoms with Gasteiger partial charge in [0.1, 0.15) is 18.1 Å². The molecule has 246 valence electrons. The molecule has 0 N–H and O–H groups in total. The number of carbonyl (C=O) groups is 1. The monoisotopic (exact) mass is 664 g/mol. The van der Waals surface area contributed by atoms with Crippen LogP contribution in [0.5, 0.6) is 5.75 Å². The Morgan fingerprint density at radius 1 is 0.587 bits per heavy atom. The van der Waals surface area contributed by atoms with Gasteiger partial charge in [-0.3, -0.25) is 4.79 Å². The average molecular weight is 665 g/mol. The zero-order valence-corrected chi connectivity index (χ0v) is 29.1. The number of rotatable bonds is 18. The summed E-state index contributed by atoms with van der Waals surface area (Å²) in [5, 5.41) is 2.12. The minimum Gasteiger partial charge on any atom is -0.491 e. The lowest BCUT2D eigenvalue weighted by molar-refractivity contribution is -0.118. The van der Waals surface area contributed by atoms with E-state index in [-0.39, 0.29) is 5.78 Å². The first-order chi connectivity index (χ1) is 22.4. The Labute approximate surface area is 279 Å². The van der Waals surface area contributed by atoms with E-state index in [9.17, 15) is 4.79 Å². The number of Topliss-reactive ketones (excluding diaryl/α,β-unsaturated/α-hetero) is 1. The van der Waals surface area contributed by atoms with Crippen molar-refractivity contribution in [1.82, 2.24) is 9.97 Å². The van der Waals surface area contributed by atoms with Crippen LogP contribution in [0.15, 0.2) is 54.6 Å². The SMILES string of the molecule is CC.CC(=O)CCOCCOCCOCCOCCOc1cc(-c2ccc3nc(C)sc3c2)cc(-c2ccc3nc(C)sc3c2)c1. The Hall–Kier alpha value is -3.25. The lowest BCUT2D eigenvalue weighted by Crippen LogP contribution is -2.14. The van der Waals surface area contributed by atoms with Gasteiger partial charge in [0.2, 0.25) is 0 Å². The summed E-state index contributed by atoms with van der Waals surface area (Å²) in [6.07, 6.45) is 0.441. The van der Waals surface area contributed by atoms with Gasteiger partial charge in [0.15, 0.2) is 0 Å². The van der Waals surface area contributed by atoms with Crippen molar-refractivity contribution in [3.8, 4) is 28.0 Å². The summed E-state index contributed by atoms with van der Waals surface area (Å²) in [5.74, 6) is 0.921. The molecule has 2 aromatic heterocycles. The van der Waals surface area contributed by atoms with E-state index in [1.165, 1.54) is 9.40 Å². The largest absolute Gasteiger partial charge is 0.491 e. The summed E-state index contributed by atoms with van der Waals surface area (Å²) < 4.78 is 30.6. The van der Waals surface area contributed by atoms with E-state index in [4.69, 9.17) is 23.7 Å². The van der Waals surface area contributed by atoms with Crippen LogP contribution in [0.1, 0.15) is 37.2 Å². The van der Waals surface area contributed by atoms with Gasteiger partial charge in [-0.15, -0.1) is 22.7 Å². The molecule has 3 aromatic carbocycles. The van der Waals surface area contributed by atoms with Crippen molar-refractivity contribution in [2.45, 2.75) is 41.0 Å². The first-order valence-corrected chi connectivity index (χ1v) is 17.4. The fourth-order valence-electron chi connectivity index (χ4n) is 4.65. The number of thiazole rings is 2. The van der Waals surface area contributed by atoms with Gasteiger partial charge in [-0.25, -0.2) is 9.97 Å². The Kier molecular flexibility index (Phi) is 14.5. The predicted molar refractivity (Wildman–Crippen MR) is 189 cm³/mol. The first kappa shape index (κ1) is 35.6. The molecule has 0 aliphatic rings. The van der Waals surface area contributed by atoms with Crippen LogP contribution in [0.4, 0.5) is 0 Å². The molecule has 0 aliphatic heterocycles. The summed E-state index contributed by atoms with van der Waals surface area (Å²) >= 11 is 3.41. The Morgan fingerprint density at radius 2 is 1.02 bits per heavy atom. The van der Waals surface area contributed by atoms with Crippen LogP contribution >= 0.6 is 22.7 Å². The number of fused-ring (bicyclic) bond motifs is 2. The van der Waals surface area contributed by atoms with Crippen LogP contribution < -0.4 is 4.74 Å². The van der Waals surface area contributed by atoms with Gasteiger partial charge in [-0.2, -0.15) is 0 Å². The van der Waals surface area contributed by atoms with E-state index in [1.54, 1.807) is 29.6 Å². The summed E-state index contributed by atoms with van der Waals surface area (Å²) in [6, 6.07) is 19.2. The van der Waals surface area contributed by atoms with Crippen molar-refractivity contribution >= 4 is 48.9 Å². The second-order valence-electron chi connectivity index (χ2n) is 10.3. The third-order valence-corrected chi connectivity index (χ3v) is 8.64. The number of ether oxygens (including phenoxy) is 5. The Morgan fingerprint density at radius 3 is 1.48 bits per heavy atom. The van der Waals surface area contributed by atoms with E-state index < -0.39 is 0 Å². The highest BCUT2D eigenvalue weighted by atomic mass is 32.1. The Balaban J connectivity index is 0.00000235. The fourth-order valence-corrected chi connectivity index (χ4v) is 6.38. The molecule has 0 fully saturated rings. The minimum absolute atomic E-state index is 0.128. The van der Waals surface area contributed by atoms with Crippen LogP contribution in [-0.2, 0) is 23.7 Å². The maximum absolute atomic E-state index is 10.9. The van der Waals surface area contributed by atoms with Gasteiger partial charge in [-0.1, -0.05) is 26.0 Å². The fraction of sp³-hybridized carbons (Fsp3) is 0.417. The predicted octanol–water partition coefficient (Wildman–Crippen LogP) is 8.31. The van der Waals surface area contributed by atoms with Crippen LogP contribution in [0.2, 0.25) is 0 Å². The first-order valence-electron chi connectivity index (χ1n) is 15.8. The quantitative estimate of drug-likeness (QED) is 0.0865. The lowest BCUT2D eigenvalue weighted by Gasteiger charge is -2.13. The molecule has 2 heterocycles. The molecule has 0 radical (unpaired) electrons. The number of carbonyl (C=O) groups excluding carboxylic acids is 1. The third-order valence-electron chi connectivity index (χ3n) is 6.77. The van der Waals surface area contributed by atoms with E-state index >= 15 is 0 Å². The van der Waals surface area contributed by atoms with Crippen molar-refractivity contribution < 1.29 is 28.5 Å². The van der Waals surface area contributed by atoms with E-state index in [2.05, 4.69) is 64.6 Å². The molecule has 0 bridgehead atoms. The second kappa shape index (κ2) is 18.8. The Bertz CT molecular complexity index is 1580. The molecular weight excluding hydrogens is 621 g/mol. The van der Waals surface area contributed by atoms with Crippen LogP contribution in [0.3, 0.4) is 0 Å². The number of ketones is 1. The topological polar surface area (TPSA) is 89.0 Å². The number of aryl methyl sites for hydroxylation is 2. The van der Waals surface area contributed by atoms with Gasteiger partial charge in [-0.05, 0) is 85.5 Å². The van der Waals surface area contributed by atoms with Crippen molar-refractivity contribution in [2.75, 3.05) is 59.5 Å². The highest BCUT2D eigenvalue weighted by Gasteiger charge is 2.11. The molecule has 0 aliphatic carbocycles. The number of aromatic nitrogens is 2. The molecule has 0 atom stereocenters. The van der Waals surface area contributed by atoms with E-state index in [0.717, 1.165) is 49.1 Å². The normalized spacial score (nSPS) is 11.2. The number of nitrogens with zero attached hydrogens (tertiary/aromatic N) is 2. The molecule has 5 aromatic rings. The molecule has 10 heteroatoms. The van der Waals surface area contributed by atoms with Crippen molar-refractivity contribution in [1.29, 1.82) is 0 Å². The van der Waals surface area contributed by atoms with Crippen molar-refractivity contribution in [3.63, 3.8) is 0 Å². The van der Waals surface area contributed by atoms with Gasteiger partial charge in [0.25, 0.3) is 0 Å². The van der Waals surface area contributed by atoms with Gasteiger partial charge >= 0.3 is 0 Å². The molecule has 8 nitrogen and oxygen atoms in total. The number of benzene rings is 3. The van der Waals surface area contributed by atoms with Crippen molar-refractivity contribution in [3.05, 3.63) is 64.6 Å². The summed E-state index contributed by atoms with van der Waals surface area (Å²) in [7, 11) is 0. The molecule has 5 rings (SSSR count). The number of hydrogen-bond donors (Lipinski definition) is 0. The van der Waals surface area contributed by atoms with Gasteiger partial charge < -0.3 is 23.7 Å². The molecular formula is C36H44N2O6S2. The zero-order chi connectivity index (χ0) is 32.7. The molecule has 0 spiro atoms. The summed E-state index contributed by atoms with van der Waals surface area (Å²) in [5.41, 5.74) is 6.47. The smallest absolute Gasteiger partial charge is 0.132 e. The molecule has 46 heavy (non-hydrogen) atoms. The molecule has 0 saturated carbocycles. The van der Waals surface area contributed by atoms with Crippen LogP contribution in [-0.4, -0.2) is 75.2 Å². The third kappa shape index (κ3) is 10.9. The highest BCUT2D eigenvalue weighted by Crippen LogP contribution is 2.35. The zero-order valence-electron chi connectivity index (χ0n) is 27.4. The maximum Gasteiger partial charge on any atom is 0.132 e. The molecule has 0 amide bonds.